The number of aliphatic hydroxyl groups excluding tert-OH is 2. The van der Waals surface area contributed by atoms with Gasteiger partial charge in [-0.25, -0.2) is 0 Å². The Morgan fingerprint density at radius 2 is 1.59 bits per heavy atom. The first kappa shape index (κ1) is 26.5. The molecular formula is C30H52O4. The van der Waals surface area contributed by atoms with Crippen LogP contribution < -0.4 is 0 Å². The molecule has 4 aliphatic rings. The van der Waals surface area contributed by atoms with Crippen molar-refractivity contribution in [3.63, 3.8) is 0 Å². The molecule has 0 aromatic heterocycles. The van der Waals surface area contributed by atoms with Crippen molar-refractivity contribution < 1.29 is 19.7 Å². The number of hydrogen-bond donors (Lipinski definition) is 2. The van der Waals surface area contributed by atoms with Gasteiger partial charge in [-0.15, -0.1) is 0 Å². The van der Waals surface area contributed by atoms with E-state index in [2.05, 4.69) is 27.7 Å². The quantitative estimate of drug-likeness (QED) is 0.428. The van der Waals surface area contributed by atoms with Crippen LogP contribution in [0.15, 0.2) is 0 Å². The van der Waals surface area contributed by atoms with Gasteiger partial charge in [0.15, 0.2) is 0 Å². The summed E-state index contributed by atoms with van der Waals surface area (Å²) in [6, 6.07) is 0. The van der Waals surface area contributed by atoms with Crippen molar-refractivity contribution in [2.24, 2.45) is 58.2 Å². The Bertz CT molecular complexity index is 723. The first-order valence-corrected chi connectivity index (χ1v) is 14.6. The monoisotopic (exact) mass is 476 g/mol. The summed E-state index contributed by atoms with van der Waals surface area (Å²) in [6.45, 7) is 14.0. The average molecular weight is 477 g/mol. The molecule has 4 heteroatoms. The fourth-order valence-corrected chi connectivity index (χ4v) is 10.2. The largest absolute Gasteiger partial charge is 0.466 e. The lowest BCUT2D eigenvalue weighted by molar-refractivity contribution is -0.215. The first-order chi connectivity index (χ1) is 16.0. The molecule has 12 unspecified atom stereocenters. The summed E-state index contributed by atoms with van der Waals surface area (Å²) in [7, 11) is 0. The minimum atomic E-state index is -0.552. The Balaban J connectivity index is 1.46. The van der Waals surface area contributed by atoms with Crippen LogP contribution in [-0.2, 0) is 9.53 Å². The van der Waals surface area contributed by atoms with Gasteiger partial charge in [0.2, 0.25) is 0 Å². The molecule has 0 amide bonds. The summed E-state index contributed by atoms with van der Waals surface area (Å²) in [5, 5.41) is 22.7. The van der Waals surface area contributed by atoms with Crippen LogP contribution in [0, 0.1) is 58.2 Å². The Hall–Kier alpha value is -0.610. The summed E-state index contributed by atoms with van der Waals surface area (Å²) in [5.74, 6) is 3.30. The van der Waals surface area contributed by atoms with E-state index in [-0.39, 0.29) is 34.6 Å². The smallest absolute Gasteiger partial charge is 0.308 e. The predicted octanol–water partition coefficient (Wildman–Crippen LogP) is 6.23. The number of esters is 1. The standard InChI is InChI=1S/C30H52O4/c1-7-34-28(33)20(4)17-18(2)16-19(3)21-11-12-22-25-23(13-15-30(21,22)6)29(5)14-9-8-10-24(29)26(31)27(25)32/h18-27,31-32H,7-17H2,1-6H3. The maximum Gasteiger partial charge on any atom is 0.308 e. The number of ether oxygens (including phenoxy) is 1. The minimum Gasteiger partial charge on any atom is -0.466 e. The van der Waals surface area contributed by atoms with E-state index in [1.54, 1.807) is 0 Å². The summed E-state index contributed by atoms with van der Waals surface area (Å²) >= 11 is 0. The second kappa shape index (κ2) is 10.0. The van der Waals surface area contributed by atoms with Crippen molar-refractivity contribution in [3.05, 3.63) is 0 Å². The lowest BCUT2D eigenvalue weighted by Gasteiger charge is -2.63. The molecule has 4 rings (SSSR count). The number of hydrogen-bond acceptors (Lipinski definition) is 4. The highest BCUT2D eigenvalue weighted by Gasteiger charge is 2.64. The zero-order valence-electron chi connectivity index (χ0n) is 22.8. The zero-order chi connectivity index (χ0) is 24.8. The molecule has 4 saturated carbocycles. The van der Waals surface area contributed by atoms with Crippen LogP contribution in [0.5, 0.6) is 0 Å². The van der Waals surface area contributed by atoms with Gasteiger partial charge in [-0.3, -0.25) is 4.79 Å². The van der Waals surface area contributed by atoms with Gasteiger partial charge in [-0.1, -0.05) is 47.5 Å². The Kier molecular flexibility index (Phi) is 7.81. The third kappa shape index (κ3) is 4.38. The molecule has 4 aliphatic carbocycles. The lowest BCUT2D eigenvalue weighted by Crippen LogP contribution is -2.63. The van der Waals surface area contributed by atoms with E-state index >= 15 is 0 Å². The number of aliphatic hydroxyl groups is 2. The van der Waals surface area contributed by atoms with Crippen molar-refractivity contribution in [2.75, 3.05) is 6.61 Å². The number of rotatable bonds is 7. The van der Waals surface area contributed by atoms with E-state index in [1.807, 2.05) is 13.8 Å². The van der Waals surface area contributed by atoms with Gasteiger partial charge in [-0.2, -0.15) is 0 Å². The van der Waals surface area contributed by atoms with Crippen molar-refractivity contribution in [3.8, 4) is 0 Å². The van der Waals surface area contributed by atoms with E-state index < -0.39 is 12.2 Å². The fraction of sp³-hybridized carbons (Fsp3) is 0.967. The van der Waals surface area contributed by atoms with Gasteiger partial charge in [0, 0.05) is 0 Å². The highest BCUT2D eigenvalue weighted by Crippen LogP contribution is 2.68. The van der Waals surface area contributed by atoms with Gasteiger partial charge < -0.3 is 14.9 Å². The van der Waals surface area contributed by atoms with E-state index in [1.165, 1.54) is 44.9 Å². The molecular weight excluding hydrogens is 424 g/mol. The van der Waals surface area contributed by atoms with Gasteiger partial charge in [0.05, 0.1) is 24.7 Å². The molecule has 196 valence electrons. The molecule has 0 radical (unpaired) electrons. The highest BCUT2D eigenvalue weighted by atomic mass is 16.5. The summed E-state index contributed by atoms with van der Waals surface area (Å²) in [5.41, 5.74) is 0.454. The van der Waals surface area contributed by atoms with Gasteiger partial charge >= 0.3 is 5.97 Å². The molecule has 0 bridgehead atoms. The van der Waals surface area contributed by atoms with Gasteiger partial charge in [0.1, 0.15) is 0 Å². The average Bonchev–Trinajstić information content (AvgIpc) is 3.14. The van der Waals surface area contributed by atoms with Crippen LogP contribution in [0.2, 0.25) is 0 Å². The van der Waals surface area contributed by atoms with Gasteiger partial charge in [-0.05, 0) is 111 Å². The molecule has 12 atom stereocenters. The van der Waals surface area contributed by atoms with Crippen LogP contribution in [0.25, 0.3) is 0 Å². The van der Waals surface area contributed by atoms with Crippen molar-refractivity contribution in [1.82, 2.24) is 0 Å². The molecule has 34 heavy (non-hydrogen) atoms. The molecule has 0 spiro atoms. The Morgan fingerprint density at radius 1 is 0.882 bits per heavy atom. The summed E-state index contributed by atoms with van der Waals surface area (Å²) in [4.78, 5) is 12.1. The van der Waals surface area contributed by atoms with E-state index in [0.29, 0.717) is 36.2 Å². The second-order valence-electron chi connectivity index (χ2n) is 13.6. The highest BCUT2D eigenvalue weighted by molar-refractivity contribution is 5.71. The molecule has 0 aromatic carbocycles. The number of carbonyl (C=O) groups is 1. The predicted molar refractivity (Wildman–Crippen MR) is 136 cm³/mol. The van der Waals surface area contributed by atoms with E-state index in [0.717, 1.165) is 19.3 Å². The third-order valence-electron chi connectivity index (χ3n) is 11.6. The molecule has 4 fully saturated rings. The third-order valence-corrected chi connectivity index (χ3v) is 11.6. The van der Waals surface area contributed by atoms with Crippen LogP contribution in [0.3, 0.4) is 0 Å². The van der Waals surface area contributed by atoms with Crippen molar-refractivity contribution >= 4 is 5.97 Å². The van der Waals surface area contributed by atoms with Crippen LogP contribution in [-0.4, -0.2) is 35.0 Å². The number of fused-ring (bicyclic) bond motifs is 5. The minimum absolute atomic E-state index is 0.0347. The normalized spacial score (nSPS) is 46.5. The van der Waals surface area contributed by atoms with Crippen molar-refractivity contribution in [2.45, 2.75) is 118 Å². The van der Waals surface area contributed by atoms with Crippen LogP contribution in [0.1, 0.15) is 106 Å². The zero-order valence-corrected chi connectivity index (χ0v) is 22.8. The maximum atomic E-state index is 12.1. The molecule has 0 aliphatic heterocycles. The molecule has 0 heterocycles. The molecule has 0 aromatic rings. The SMILES string of the molecule is CCOC(=O)C(C)CC(C)CC(C)C1CCC2C3C(O)C(O)C4CCCCC4(C)C3CCC12C. The van der Waals surface area contributed by atoms with Crippen LogP contribution >= 0.6 is 0 Å². The molecule has 2 N–H and O–H groups in total. The number of carbonyl (C=O) groups excluding carboxylic acids is 1. The lowest BCUT2D eigenvalue weighted by atomic mass is 9.43. The van der Waals surface area contributed by atoms with E-state index in [4.69, 9.17) is 4.74 Å². The Morgan fingerprint density at radius 3 is 2.29 bits per heavy atom. The molecule has 0 saturated heterocycles. The van der Waals surface area contributed by atoms with Gasteiger partial charge in [0.25, 0.3) is 0 Å². The second-order valence-corrected chi connectivity index (χ2v) is 13.6. The summed E-state index contributed by atoms with van der Waals surface area (Å²) in [6.07, 6.45) is 10.7. The fourth-order valence-electron chi connectivity index (χ4n) is 10.2. The molecule has 4 nitrogen and oxygen atoms in total. The van der Waals surface area contributed by atoms with Crippen LogP contribution in [0.4, 0.5) is 0 Å². The topological polar surface area (TPSA) is 66.8 Å². The Labute approximate surface area is 208 Å². The van der Waals surface area contributed by atoms with Crippen molar-refractivity contribution in [1.29, 1.82) is 0 Å². The van der Waals surface area contributed by atoms with E-state index in [9.17, 15) is 15.0 Å². The first-order valence-electron chi connectivity index (χ1n) is 14.6. The maximum absolute atomic E-state index is 12.1. The summed E-state index contributed by atoms with van der Waals surface area (Å²) < 4.78 is 5.23.